The van der Waals surface area contributed by atoms with Crippen LogP contribution in [-0.2, 0) is 4.84 Å². The first-order valence-electron chi connectivity index (χ1n) is 10.0. The Hall–Kier alpha value is -2.44. The van der Waals surface area contributed by atoms with Gasteiger partial charge in [-0.3, -0.25) is 9.82 Å². The van der Waals surface area contributed by atoms with Gasteiger partial charge in [0.15, 0.2) is 0 Å². The lowest BCUT2D eigenvalue weighted by Crippen LogP contribution is -2.35. The summed E-state index contributed by atoms with van der Waals surface area (Å²) in [4.78, 5) is 23.8. The number of carbonyl (C=O) groups excluding carboxylic acids is 1. The number of benzene rings is 1. The molecule has 1 saturated heterocycles. The molecule has 3 aromatic rings. The molecule has 3 heterocycles. The second kappa shape index (κ2) is 10.2. The summed E-state index contributed by atoms with van der Waals surface area (Å²) in [6.07, 6.45) is 5.90. The average Bonchev–Trinajstić information content (AvgIpc) is 3.11. The van der Waals surface area contributed by atoms with Crippen LogP contribution in [0, 0.1) is 9.39 Å². The van der Waals surface area contributed by atoms with Crippen LogP contribution in [0.1, 0.15) is 19.3 Å². The molecular weight excluding hydrogens is 518 g/mol. The fourth-order valence-corrected chi connectivity index (χ4v) is 3.86. The zero-order valence-electron chi connectivity index (χ0n) is 16.7. The van der Waals surface area contributed by atoms with E-state index in [1.54, 1.807) is 30.6 Å². The Morgan fingerprint density at radius 2 is 2.10 bits per heavy atom. The van der Waals surface area contributed by atoms with Crippen molar-refractivity contribution in [3.8, 4) is 5.95 Å². The van der Waals surface area contributed by atoms with Crippen molar-refractivity contribution in [2.75, 3.05) is 31.6 Å². The molecule has 1 amide bonds. The molecule has 2 aromatic heterocycles. The van der Waals surface area contributed by atoms with Crippen LogP contribution in [0.15, 0.2) is 41.1 Å². The van der Waals surface area contributed by atoms with Gasteiger partial charge in [-0.05, 0) is 72.8 Å². The number of carbonyl (C=O) groups is 1. The van der Waals surface area contributed by atoms with Crippen LogP contribution in [0.25, 0.3) is 11.0 Å². The van der Waals surface area contributed by atoms with Crippen LogP contribution in [0.3, 0.4) is 0 Å². The van der Waals surface area contributed by atoms with Crippen molar-refractivity contribution < 1.29 is 23.2 Å². The molecule has 0 atom stereocenters. The number of aromatic nitrogens is 1. The zero-order chi connectivity index (χ0) is 21.6. The zero-order valence-corrected chi connectivity index (χ0v) is 18.9. The molecule has 31 heavy (non-hydrogen) atoms. The number of likely N-dealkylation sites (tertiary alicyclic amines) is 1. The van der Waals surface area contributed by atoms with Crippen LogP contribution in [0.4, 0.5) is 20.6 Å². The molecular formula is C21H22FIN4O4. The Kier molecular flexibility index (Phi) is 7.20. The summed E-state index contributed by atoms with van der Waals surface area (Å²) < 4.78 is 26.0. The highest BCUT2D eigenvalue weighted by atomic mass is 127. The molecule has 0 bridgehead atoms. The first-order chi connectivity index (χ1) is 15.1. The van der Waals surface area contributed by atoms with Crippen LogP contribution < -0.4 is 15.5 Å². The first kappa shape index (κ1) is 21.8. The van der Waals surface area contributed by atoms with Crippen LogP contribution in [-0.4, -0.2) is 42.2 Å². The van der Waals surface area contributed by atoms with Gasteiger partial charge in [-0.2, -0.15) is 5.48 Å². The Morgan fingerprint density at radius 1 is 1.26 bits per heavy atom. The van der Waals surface area contributed by atoms with E-state index >= 15 is 0 Å². The molecule has 2 N–H and O–H groups in total. The normalized spacial score (nSPS) is 14.5. The van der Waals surface area contributed by atoms with Gasteiger partial charge in [-0.15, -0.1) is 0 Å². The van der Waals surface area contributed by atoms with E-state index in [1.165, 1.54) is 25.3 Å². The summed E-state index contributed by atoms with van der Waals surface area (Å²) in [6.45, 7) is 3.17. The Labute approximate surface area is 192 Å². The first-order valence-corrected chi connectivity index (χ1v) is 11.1. The van der Waals surface area contributed by atoms with Crippen molar-refractivity contribution >= 4 is 51.0 Å². The largest absolute Gasteiger partial charge is 0.439 e. The second-order valence-corrected chi connectivity index (χ2v) is 8.37. The van der Waals surface area contributed by atoms with Gasteiger partial charge < -0.3 is 19.4 Å². The van der Waals surface area contributed by atoms with E-state index in [4.69, 9.17) is 14.0 Å². The molecule has 1 aromatic carbocycles. The third-order valence-electron chi connectivity index (χ3n) is 4.95. The number of ether oxygens (including phenoxy) is 1. The number of halogens is 2. The van der Waals surface area contributed by atoms with E-state index in [-0.39, 0.29) is 11.6 Å². The van der Waals surface area contributed by atoms with Gasteiger partial charge >= 0.3 is 12.0 Å². The maximum Gasteiger partial charge on any atom is 0.439 e. The minimum atomic E-state index is -0.836. The van der Waals surface area contributed by atoms with E-state index < -0.39 is 11.9 Å². The maximum atomic E-state index is 14.3. The van der Waals surface area contributed by atoms with Gasteiger partial charge in [0, 0.05) is 22.5 Å². The van der Waals surface area contributed by atoms with Crippen molar-refractivity contribution in [2.45, 2.75) is 19.3 Å². The number of nitrogens with zero attached hydrogens (tertiary/aromatic N) is 2. The highest BCUT2D eigenvalue weighted by Gasteiger charge is 2.20. The highest BCUT2D eigenvalue weighted by molar-refractivity contribution is 14.1. The van der Waals surface area contributed by atoms with Gasteiger partial charge in [-0.1, -0.05) is 6.42 Å². The van der Waals surface area contributed by atoms with Gasteiger partial charge in [-0.25, -0.2) is 9.18 Å². The van der Waals surface area contributed by atoms with E-state index in [1.807, 2.05) is 22.6 Å². The summed E-state index contributed by atoms with van der Waals surface area (Å²) in [7, 11) is 0. The van der Waals surface area contributed by atoms with Gasteiger partial charge in [0.25, 0.3) is 0 Å². The van der Waals surface area contributed by atoms with Crippen LogP contribution in [0.2, 0.25) is 0 Å². The molecule has 0 aliphatic carbocycles. The number of amides is 1. The second-order valence-electron chi connectivity index (χ2n) is 7.13. The lowest BCUT2D eigenvalue weighted by Gasteiger charge is -2.25. The Morgan fingerprint density at radius 3 is 2.90 bits per heavy atom. The Balaban J connectivity index is 1.41. The molecule has 1 aliphatic heterocycles. The van der Waals surface area contributed by atoms with Crippen LogP contribution >= 0.6 is 22.6 Å². The minimum absolute atomic E-state index is 0.113. The van der Waals surface area contributed by atoms with Crippen molar-refractivity contribution in [1.29, 1.82) is 0 Å². The van der Waals surface area contributed by atoms with Crippen molar-refractivity contribution in [3.63, 3.8) is 0 Å². The van der Waals surface area contributed by atoms with Crippen molar-refractivity contribution in [3.05, 3.63) is 46.0 Å². The molecule has 0 radical (unpaired) electrons. The molecule has 4 rings (SSSR count). The van der Waals surface area contributed by atoms with Gasteiger partial charge in [0.1, 0.15) is 17.1 Å². The van der Waals surface area contributed by atoms with E-state index in [0.717, 1.165) is 23.2 Å². The number of hydrogen-bond acceptors (Lipinski definition) is 7. The quantitative estimate of drug-likeness (QED) is 0.253. The topological polar surface area (TPSA) is 88.9 Å². The SMILES string of the molecule is O=C(NOCCN1CCCCC1)Oc1oc2ccncc2c1Nc1ccc(I)cc1F. The monoisotopic (exact) mass is 540 g/mol. The molecule has 0 unspecified atom stereocenters. The molecule has 8 nitrogen and oxygen atoms in total. The molecule has 164 valence electrons. The van der Waals surface area contributed by atoms with Gasteiger partial charge in [0.2, 0.25) is 0 Å². The van der Waals surface area contributed by atoms with E-state index in [2.05, 4.69) is 20.7 Å². The lowest BCUT2D eigenvalue weighted by atomic mass is 10.1. The number of furan rings is 1. The summed E-state index contributed by atoms with van der Waals surface area (Å²) in [5.41, 5.74) is 3.22. The number of fused-ring (bicyclic) bond motifs is 1. The summed E-state index contributed by atoms with van der Waals surface area (Å²) in [5.74, 6) is -0.556. The number of hydrogen-bond donors (Lipinski definition) is 2. The number of rotatable bonds is 7. The molecule has 0 spiro atoms. The lowest BCUT2D eigenvalue weighted by molar-refractivity contribution is 0.0276. The van der Waals surface area contributed by atoms with E-state index in [0.29, 0.717) is 23.3 Å². The predicted octanol–water partition coefficient (Wildman–Crippen LogP) is 4.82. The average molecular weight is 540 g/mol. The standard InChI is InChI=1S/C21H22FIN4O4/c22-16-12-14(23)4-5-17(16)25-19-15-13-24-7-6-18(15)30-20(19)31-21(28)26-29-11-10-27-8-2-1-3-9-27/h4-7,12-13,25H,1-3,8-11H2,(H,26,28). The fraction of sp³-hybridized carbons (Fsp3) is 0.333. The number of hydroxylamine groups is 1. The molecule has 1 fully saturated rings. The minimum Gasteiger partial charge on any atom is -0.424 e. The third kappa shape index (κ3) is 5.63. The van der Waals surface area contributed by atoms with Gasteiger partial charge in [0.05, 0.1) is 17.7 Å². The van der Waals surface area contributed by atoms with Crippen molar-refractivity contribution in [1.82, 2.24) is 15.4 Å². The van der Waals surface area contributed by atoms with E-state index in [9.17, 15) is 9.18 Å². The highest BCUT2D eigenvalue weighted by Crippen LogP contribution is 2.39. The number of nitrogens with one attached hydrogen (secondary N) is 2. The summed E-state index contributed by atoms with van der Waals surface area (Å²) in [6, 6.07) is 6.38. The number of anilines is 2. The molecule has 0 saturated carbocycles. The molecule has 10 heteroatoms. The van der Waals surface area contributed by atoms with Crippen LogP contribution in [0.5, 0.6) is 5.95 Å². The number of piperidine rings is 1. The maximum absolute atomic E-state index is 14.3. The predicted molar refractivity (Wildman–Crippen MR) is 122 cm³/mol. The Bertz CT molecular complexity index is 1060. The summed E-state index contributed by atoms with van der Waals surface area (Å²) >= 11 is 2.03. The smallest absolute Gasteiger partial charge is 0.424 e. The van der Waals surface area contributed by atoms with Crippen molar-refractivity contribution in [2.24, 2.45) is 0 Å². The third-order valence-corrected chi connectivity index (χ3v) is 5.62. The summed E-state index contributed by atoms with van der Waals surface area (Å²) in [5, 5.41) is 3.49. The fourth-order valence-electron chi connectivity index (χ4n) is 3.41. The number of pyridine rings is 1. The molecule has 1 aliphatic rings.